The Hall–Kier alpha value is -2.69. The van der Waals surface area contributed by atoms with Gasteiger partial charge >= 0.3 is 0 Å². The number of nitrogens with zero attached hydrogens (tertiary/aromatic N) is 1. The lowest BCUT2D eigenvalue weighted by Gasteiger charge is -2.12. The van der Waals surface area contributed by atoms with Gasteiger partial charge in [-0.25, -0.2) is 8.78 Å². The molecule has 112 valence electrons. The molecule has 0 aliphatic rings. The Balaban J connectivity index is 2.12. The number of aromatic nitrogens is 1. The fourth-order valence-corrected chi connectivity index (χ4v) is 2.30. The zero-order chi connectivity index (χ0) is 15.7. The minimum Gasteiger partial charge on any atom is -0.497 e. The van der Waals surface area contributed by atoms with E-state index in [-0.39, 0.29) is 5.69 Å². The summed E-state index contributed by atoms with van der Waals surface area (Å²) in [7, 11) is 1.58. The third-order valence-corrected chi connectivity index (χ3v) is 3.34. The molecule has 3 nitrogen and oxygen atoms in total. The Labute approximate surface area is 126 Å². The SMILES string of the molecule is COc1ccc2nc(C)cc(Nc3ccc(F)cc3F)c2c1. The van der Waals surface area contributed by atoms with Crippen LogP contribution in [0.25, 0.3) is 10.9 Å². The molecule has 0 radical (unpaired) electrons. The molecule has 0 saturated heterocycles. The molecule has 0 spiro atoms. The van der Waals surface area contributed by atoms with E-state index >= 15 is 0 Å². The molecule has 0 unspecified atom stereocenters. The van der Waals surface area contributed by atoms with Crippen LogP contribution in [0.2, 0.25) is 0 Å². The number of aryl methyl sites for hydroxylation is 1. The maximum atomic E-state index is 13.8. The van der Waals surface area contributed by atoms with Crippen LogP contribution in [0.4, 0.5) is 20.2 Å². The van der Waals surface area contributed by atoms with E-state index in [1.807, 2.05) is 31.2 Å². The van der Waals surface area contributed by atoms with Crippen LogP contribution >= 0.6 is 0 Å². The molecule has 22 heavy (non-hydrogen) atoms. The number of pyridine rings is 1. The van der Waals surface area contributed by atoms with Crippen molar-refractivity contribution in [2.75, 3.05) is 12.4 Å². The van der Waals surface area contributed by atoms with Crippen molar-refractivity contribution < 1.29 is 13.5 Å². The van der Waals surface area contributed by atoms with Crippen molar-refractivity contribution in [1.82, 2.24) is 4.98 Å². The highest BCUT2D eigenvalue weighted by Gasteiger charge is 2.09. The van der Waals surface area contributed by atoms with Crippen molar-refractivity contribution >= 4 is 22.3 Å². The molecule has 2 aromatic carbocycles. The molecular formula is C17H14F2N2O. The molecule has 1 heterocycles. The van der Waals surface area contributed by atoms with Crippen molar-refractivity contribution in [1.29, 1.82) is 0 Å². The number of ether oxygens (including phenoxy) is 1. The largest absolute Gasteiger partial charge is 0.497 e. The number of halogens is 2. The summed E-state index contributed by atoms with van der Waals surface area (Å²) in [6, 6.07) is 10.7. The molecular weight excluding hydrogens is 286 g/mol. The van der Waals surface area contributed by atoms with Crippen LogP contribution in [0, 0.1) is 18.6 Å². The van der Waals surface area contributed by atoms with Crippen molar-refractivity contribution in [2.24, 2.45) is 0 Å². The lowest BCUT2D eigenvalue weighted by molar-refractivity contribution is 0.415. The molecule has 0 atom stereocenters. The minimum absolute atomic E-state index is 0.205. The van der Waals surface area contributed by atoms with Crippen LogP contribution in [-0.2, 0) is 0 Å². The van der Waals surface area contributed by atoms with Gasteiger partial charge in [-0.15, -0.1) is 0 Å². The predicted molar refractivity (Wildman–Crippen MR) is 82.7 cm³/mol. The Morgan fingerprint density at radius 3 is 2.55 bits per heavy atom. The Morgan fingerprint density at radius 2 is 1.82 bits per heavy atom. The van der Waals surface area contributed by atoms with Crippen LogP contribution in [0.5, 0.6) is 5.75 Å². The number of methoxy groups -OCH3 is 1. The second-order valence-electron chi connectivity index (χ2n) is 4.94. The quantitative estimate of drug-likeness (QED) is 0.769. The van der Waals surface area contributed by atoms with Crippen molar-refractivity contribution in [3.63, 3.8) is 0 Å². The first kappa shape index (κ1) is 14.3. The number of anilines is 2. The van der Waals surface area contributed by atoms with E-state index in [0.29, 0.717) is 11.4 Å². The molecule has 0 amide bonds. The smallest absolute Gasteiger partial charge is 0.149 e. The van der Waals surface area contributed by atoms with Gasteiger partial charge in [0.25, 0.3) is 0 Å². The number of hydrogen-bond acceptors (Lipinski definition) is 3. The summed E-state index contributed by atoms with van der Waals surface area (Å²) in [5.41, 5.74) is 2.46. The van der Waals surface area contributed by atoms with E-state index in [1.165, 1.54) is 12.1 Å². The van der Waals surface area contributed by atoms with Crippen LogP contribution in [-0.4, -0.2) is 12.1 Å². The Bertz CT molecular complexity index is 849. The number of fused-ring (bicyclic) bond motifs is 1. The molecule has 0 aliphatic heterocycles. The topological polar surface area (TPSA) is 34.1 Å². The third kappa shape index (κ3) is 2.70. The molecule has 0 bridgehead atoms. The van der Waals surface area contributed by atoms with Gasteiger partial charge in [0.15, 0.2) is 0 Å². The van der Waals surface area contributed by atoms with E-state index in [4.69, 9.17) is 4.74 Å². The zero-order valence-corrected chi connectivity index (χ0v) is 12.2. The summed E-state index contributed by atoms with van der Waals surface area (Å²) >= 11 is 0. The highest BCUT2D eigenvalue weighted by Crippen LogP contribution is 2.30. The second-order valence-corrected chi connectivity index (χ2v) is 4.94. The first-order valence-corrected chi connectivity index (χ1v) is 6.74. The van der Waals surface area contributed by atoms with Crippen LogP contribution < -0.4 is 10.1 Å². The van der Waals surface area contributed by atoms with E-state index in [0.717, 1.165) is 22.7 Å². The van der Waals surface area contributed by atoms with Gasteiger partial charge in [-0.05, 0) is 43.3 Å². The van der Waals surface area contributed by atoms with Gasteiger partial charge in [0.1, 0.15) is 17.4 Å². The van der Waals surface area contributed by atoms with Crippen molar-refractivity contribution in [2.45, 2.75) is 6.92 Å². The standard InChI is InChI=1S/C17H14F2N2O/c1-10-7-17(21-16-5-3-11(18)8-14(16)19)13-9-12(22-2)4-6-15(13)20-10/h3-9H,1-2H3,(H,20,21). The number of benzene rings is 2. The first-order chi connectivity index (χ1) is 10.6. The van der Waals surface area contributed by atoms with Gasteiger partial charge in [-0.3, -0.25) is 4.98 Å². The molecule has 5 heteroatoms. The summed E-state index contributed by atoms with van der Waals surface area (Å²) in [5.74, 6) is -0.577. The Morgan fingerprint density at radius 1 is 1.00 bits per heavy atom. The molecule has 3 aromatic rings. The molecule has 1 N–H and O–H groups in total. The molecule has 0 aliphatic carbocycles. The third-order valence-electron chi connectivity index (χ3n) is 3.34. The molecule has 0 saturated carbocycles. The number of rotatable bonds is 3. The number of nitrogens with one attached hydrogen (secondary N) is 1. The summed E-state index contributed by atoms with van der Waals surface area (Å²) in [4.78, 5) is 4.44. The molecule has 3 rings (SSSR count). The van der Waals surface area contributed by atoms with Gasteiger partial charge in [0.05, 0.1) is 18.3 Å². The summed E-state index contributed by atoms with van der Waals surface area (Å²) in [5, 5.41) is 3.80. The van der Waals surface area contributed by atoms with E-state index in [1.54, 1.807) is 7.11 Å². The summed E-state index contributed by atoms with van der Waals surface area (Å²) < 4.78 is 32.1. The van der Waals surface area contributed by atoms with Crippen molar-refractivity contribution in [3.05, 3.63) is 59.8 Å². The van der Waals surface area contributed by atoms with E-state index < -0.39 is 11.6 Å². The van der Waals surface area contributed by atoms with Crippen LogP contribution in [0.3, 0.4) is 0 Å². The van der Waals surface area contributed by atoms with Gasteiger partial charge in [-0.1, -0.05) is 0 Å². The highest BCUT2D eigenvalue weighted by atomic mass is 19.1. The predicted octanol–water partition coefficient (Wildman–Crippen LogP) is 4.57. The lowest BCUT2D eigenvalue weighted by atomic mass is 10.1. The Kier molecular flexibility index (Phi) is 3.63. The normalized spacial score (nSPS) is 10.7. The molecule has 1 aromatic heterocycles. The second kappa shape index (κ2) is 5.60. The number of hydrogen-bond donors (Lipinski definition) is 1. The fraction of sp³-hybridized carbons (Fsp3) is 0.118. The monoisotopic (exact) mass is 300 g/mol. The van der Waals surface area contributed by atoms with E-state index in [2.05, 4.69) is 10.3 Å². The maximum Gasteiger partial charge on any atom is 0.149 e. The van der Waals surface area contributed by atoms with Crippen LogP contribution in [0.1, 0.15) is 5.69 Å². The van der Waals surface area contributed by atoms with E-state index in [9.17, 15) is 8.78 Å². The minimum atomic E-state index is -0.648. The lowest BCUT2D eigenvalue weighted by Crippen LogP contribution is -1.98. The first-order valence-electron chi connectivity index (χ1n) is 6.74. The fourth-order valence-electron chi connectivity index (χ4n) is 2.30. The van der Waals surface area contributed by atoms with Gasteiger partial charge in [-0.2, -0.15) is 0 Å². The highest BCUT2D eigenvalue weighted by molar-refractivity contribution is 5.94. The summed E-state index contributed by atoms with van der Waals surface area (Å²) in [6.07, 6.45) is 0. The maximum absolute atomic E-state index is 13.8. The van der Waals surface area contributed by atoms with Crippen LogP contribution in [0.15, 0.2) is 42.5 Å². The van der Waals surface area contributed by atoms with Gasteiger partial charge in [0.2, 0.25) is 0 Å². The molecule has 0 fully saturated rings. The van der Waals surface area contributed by atoms with Crippen molar-refractivity contribution in [3.8, 4) is 5.75 Å². The zero-order valence-electron chi connectivity index (χ0n) is 12.2. The summed E-state index contributed by atoms with van der Waals surface area (Å²) in [6.45, 7) is 1.86. The average Bonchev–Trinajstić information content (AvgIpc) is 2.49. The van der Waals surface area contributed by atoms with Gasteiger partial charge < -0.3 is 10.1 Å². The van der Waals surface area contributed by atoms with Gasteiger partial charge in [0, 0.05) is 22.8 Å². The average molecular weight is 300 g/mol.